The second-order valence-electron chi connectivity index (χ2n) is 5.65. The van der Waals surface area contributed by atoms with Gasteiger partial charge in [0, 0.05) is 25.2 Å². The minimum atomic E-state index is 0.424. The molecule has 17 heavy (non-hydrogen) atoms. The number of ether oxygens (including phenoxy) is 1. The van der Waals surface area contributed by atoms with Gasteiger partial charge in [0.25, 0.3) is 0 Å². The van der Waals surface area contributed by atoms with E-state index in [-0.39, 0.29) is 0 Å². The Morgan fingerprint density at radius 3 is 3.00 bits per heavy atom. The molecule has 3 heteroatoms. The number of morpholine rings is 1. The van der Waals surface area contributed by atoms with Gasteiger partial charge in [-0.05, 0) is 39.2 Å². The van der Waals surface area contributed by atoms with Crippen LogP contribution in [0.4, 0.5) is 0 Å². The van der Waals surface area contributed by atoms with Gasteiger partial charge in [-0.15, -0.1) is 0 Å². The molecule has 3 nitrogen and oxygen atoms in total. The number of hydrogen-bond donors (Lipinski definition) is 1. The first kappa shape index (κ1) is 13.3. The Kier molecular flexibility index (Phi) is 5.26. The Morgan fingerprint density at radius 2 is 2.24 bits per heavy atom. The molecule has 1 aliphatic carbocycles. The number of nitrogens with one attached hydrogen (secondary N) is 1. The van der Waals surface area contributed by atoms with E-state index in [2.05, 4.69) is 24.1 Å². The monoisotopic (exact) mass is 240 g/mol. The molecular weight excluding hydrogens is 212 g/mol. The first-order valence-corrected chi connectivity index (χ1v) is 7.38. The highest BCUT2D eigenvalue weighted by Gasteiger charge is 2.29. The van der Waals surface area contributed by atoms with Gasteiger partial charge in [0.15, 0.2) is 0 Å². The van der Waals surface area contributed by atoms with Crippen LogP contribution in [0.2, 0.25) is 0 Å². The van der Waals surface area contributed by atoms with Crippen LogP contribution in [0, 0.1) is 0 Å². The van der Waals surface area contributed by atoms with Gasteiger partial charge in [-0.2, -0.15) is 0 Å². The molecule has 1 saturated carbocycles. The van der Waals surface area contributed by atoms with Crippen LogP contribution in [0.25, 0.3) is 0 Å². The Hall–Kier alpha value is -0.120. The van der Waals surface area contributed by atoms with Gasteiger partial charge in [-0.25, -0.2) is 0 Å². The third kappa shape index (κ3) is 3.94. The zero-order valence-corrected chi connectivity index (χ0v) is 11.5. The van der Waals surface area contributed by atoms with Gasteiger partial charge in [0.2, 0.25) is 0 Å². The van der Waals surface area contributed by atoms with Crippen molar-refractivity contribution < 1.29 is 4.74 Å². The average molecular weight is 240 g/mol. The van der Waals surface area contributed by atoms with Crippen molar-refractivity contribution in [3.63, 3.8) is 0 Å². The van der Waals surface area contributed by atoms with Gasteiger partial charge in [0.1, 0.15) is 0 Å². The maximum Gasteiger partial charge on any atom is 0.0674 e. The Morgan fingerprint density at radius 1 is 1.35 bits per heavy atom. The van der Waals surface area contributed by atoms with Crippen LogP contribution < -0.4 is 5.32 Å². The fraction of sp³-hybridized carbons (Fsp3) is 1.00. The fourth-order valence-electron chi connectivity index (χ4n) is 3.21. The quantitative estimate of drug-likeness (QED) is 0.813. The summed E-state index contributed by atoms with van der Waals surface area (Å²) >= 11 is 0. The molecule has 0 spiro atoms. The van der Waals surface area contributed by atoms with E-state index in [4.69, 9.17) is 4.74 Å². The Bertz CT molecular complexity index is 222. The van der Waals surface area contributed by atoms with Crippen molar-refractivity contribution in [3.8, 4) is 0 Å². The predicted octanol–water partition coefficient (Wildman–Crippen LogP) is 2.02. The molecule has 2 aliphatic rings. The topological polar surface area (TPSA) is 24.5 Å². The van der Waals surface area contributed by atoms with Crippen LogP contribution in [0.15, 0.2) is 0 Å². The minimum absolute atomic E-state index is 0.424. The van der Waals surface area contributed by atoms with E-state index in [0.29, 0.717) is 6.10 Å². The summed E-state index contributed by atoms with van der Waals surface area (Å²) in [6, 6.07) is 1.55. The molecule has 1 heterocycles. The first-order chi connectivity index (χ1) is 8.29. The normalized spacial score (nSPS) is 36.0. The molecule has 1 N–H and O–H groups in total. The van der Waals surface area contributed by atoms with Crippen LogP contribution in [-0.4, -0.2) is 49.3 Å². The second-order valence-corrected chi connectivity index (χ2v) is 5.65. The molecule has 0 aromatic rings. The Labute approximate surface area is 106 Å². The molecule has 0 aromatic heterocycles. The van der Waals surface area contributed by atoms with E-state index in [0.717, 1.165) is 31.8 Å². The SMILES string of the molecule is CCCNC1CCCC(N2CCOC(C)C2)C1. The summed E-state index contributed by atoms with van der Waals surface area (Å²) in [5, 5.41) is 3.69. The molecule has 3 unspecified atom stereocenters. The average Bonchev–Trinajstić information content (AvgIpc) is 2.37. The zero-order chi connectivity index (χ0) is 12.1. The van der Waals surface area contributed by atoms with Crippen molar-refractivity contribution in [2.75, 3.05) is 26.2 Å². The van der Waals surface area contributed by atoms with Crippen molar-refractivity contribution in [2.45, 2.75) is 64.1 Å². The second kappa shape index (κ2) is 6.72. The van der Waals surface area contributed by atoms with Crippen LogP contribution in [0.3, 0.4) is 0 Å². The van der Waals surface area contributed by atoms with Gasteiger partial charge >= 0.3 is 0 Å². The predicted molar refractivity (Wildman–Crippen MR) is 71.3 cm³/mol. The number of hydrogen-bond acceptors (Lipinski definition) is 3. The van der Waals surface area contributed by atoms with Crippen LogP contribution in [0.1, 0.15) is 46.0 Å². The van der Waals surface area contributed by atoms with Gasteiger partial charge < -0.3 is 10.1 Å². The zero-order valence-electron chi connectivity index (χ0n) is 11.5. The van der Waals surface area contributed by atoms with E-state index in [9.17, 15) is 0 Å². The number of nitrogens with zero attached hydrogens (tertiary/aromatic N) is 1. The van der Waals surface area contributed by atoms with Crippen molar-refractivity contribution in [1.82, 2.24) is 10.2 Å². The molecule has 0 radical (unpaired) electrons. The van der Waals surface area contributed by atoms with Crippen molar-refractivity contribution in [3.05, 3.63) is 0 Å². The summed E-state index contributed by atoms with van der Waals surface area (Å²) in [5.41, 5.74) is 0. The highest BCUT2D eigenvalue weighted by Crippen LogP contribution is 2.24. The van der Waals surface area contributed by atoms with Crippen molar-refractivity contribution >= 4 is 0 Å². The fourth-order valence-corrected chi connectivity index (χ4v) is 3.21. The summed E-state index contributed by atoms with van der Waals surface area (Å²) in [6.07, 6.45) is 7.15. The summed E-state index contributed by atoms with van der Waals surface area (Å²) in [5.74, 6) is 0. The van der Waals surface area contributed by atoms with E-state index >= 15 is 0 Å². The van der Waals surface area contributed by atoms with Gasteiger partial charge in [-0.3, -0.25) is 4.90 Å². The lowest BCUT2D eigenvalue weighted by Crippen LogP contribution is -2.50. The molecule has 0 amide bonds. The third-order valence-electron chi connectivity index (χ3n) is 4.12. The minimum Gasteiger partial charge on any atom is -0.376 e. The van der Waals surface area contributed by atoms with Crippen LogP contribution in [0.5, 0.6) is 0 Å². The lowest BCUT2D eigenvalue weighted by atomic mass is 9.89. The molecule has 1 aliphatic heterocycles. The molecule has 3 atom stereocenters. The molecule has 1 saturated heterocycles. The summed E-state index contributed by atoms with van der Waals surface area (Å²) in [7, 11) is 0. The molecule has 0 aromatic carbocycles. The summed E-state index contributed by atoms with van der Waals surface area (Å²) < 4.78 is 5.63. The van der Waals surface area contributed by atoms with Crippen LogP contribution >= 0.6 is 0 Å². The van der Waals surface area contributed by atoms with E-state index in [1.807, 2.05) is 0 Å². The maximum atomic E-state index is 5.63. The smallest absolute Gasteiger partial charge is 0.0674 e. The molecular formula is C14H28N2O. The molecule has 2 rings (SSSR count). The summed E-state index contributed by atoms with van der Waals surface area (Å²) in [4.78, 5) is 2.66. The van der Waals surface area contributed by atoms with E-state index < -0.39 is 0 Å². The standard InChI is InChI=1S/C14H28N2O/c1-3-7-15-13-5-4-6-14(10-13)16-8-9-17-12(2)11-16/h12-15H,3-11H2,1-2H3. The third-order valence-corrected chi connectivity index (χ3v) is 4.12. The summed E-state index contributed by atoms with van der Waals surface area (Å²) in [6.45, 7) is 8.81. The van der Waals surface area contributed by atoms with Crippen LogP contribution in [-0.2, 0) is 4.74 Å². The number of rotatable bonds is 4. The lowest BCUT2D eigenvalue weighted by Gasteiger charge is -2.41. The van der Waals surface area contributed by atoms with Gasteiger partial charge in [0.05, 0.1) is 12.7 Å². The molecule has 0 bridgehead atoms. The van der Waals surface area contributed by atoms with E-state index in [1.165, 1.54) is 38.6 Å². The van der Waals surface area contributed by atoms with E-state index in [1.54, 1.807) is 0 Å². The lowest BCUT2D eigenvalue weighted by molar-refractivity contribution is -0.0411. The molecule has 100 valence electrons. The van der Waals surface area contributed by atoms with Gasteiger partial charge in [-0.1, -0.05) is 13.3 Å². The Balaban J connectivity index is 1.79. The highest BCUT2D eigenvalue weighted by atomic mass is 16.5. The first-order valence-electron chi connectivity index (χ1n) is 7.38. The highest BCUT2D eigenvalue weighted by molar-refractivity contribution is 4.85. The molecule has 2 fully saturated rings. The van der Waals surface area contributed by atoms with Crippen molar-refractivity contribution in [1.29, 1.82) is 0 Å². The maximum absolute atomic E-state index is 5.63. The largest absolute Gasteiger partial charge is 0.376 e. The van der Waals surface area contributed by atoms with Crippen molar-refractivity contribution in [2.24, 2.45) is 0 Å².